The largest absolute Gasteiger partial charge is 0.387 e. The summed E-state index contributed by atoms with van der Waals surface area (Å²) in [7, 11) is 0. The first kappa shape index (κ1) is 9.68. The van der Waals surface area contributed by atoms with Crippen LogP contribution in [0.4, 0.5) is 0 Å². The van der Waals surface area contributed by atoms with Crippen LogP contribution in [0.2, 0.25) is 0 Å². The van der Waals surface area contributed by atoms with Gasteiger partial charge in [0.15, 0.2) is 0 Å². The van der Waals surface area contributed by atoms with Gasteiger partial charge >= 0.3 is 0 Å². The molecule has 0 aliphatic heterocycles. The van der Waals surface area contributed by atoms with Crippen molar-refractivity contribution in [2.24, 2.45) is 0 Å². The van der Waals surface area contributed by atoms with E-state index >= 15 is 0 Å². The van der Waals surface area contributed by atoms with Gasteiger partial charge in [-0.1, -0.05) is 0 Å². The molecule has 1 unspecified atom stereocenters. The number of aliphatic hydroxyl groups excluding tert-OH is 1. The lowest BCUT2D eigenvalue weighted by atomic mass is 10.3. The van der Waals surface area contributed by atoms with Gasteiger partial charge in [-0.15, -0.1) is 0 Å². The maximum Gasteiger partial charge on any atom is 0.138 e. The van der Waals surface area contributed by atoms with E-state index in [0.29, 0.717) is 5.69 Å². The van der Waals surface area contributed by atoms with Gasteiger partial charge in [0.25, 0.3) is 0 Å². The second kappa shape index (κ2) is 3.37. The zero-order valence-corrected chi connectivity index (χ0v) is 9.62. The second-order valence-corrected chi connectivity index (χ2v) is 4.15. The highest BCUT2D eigenvalue weighted by Gasteiger charge is 2.13. The Labute approximate surface area is 90.5 Å². The highest BCUT2D eigenvalue weighted by molar-refractivity contribution is 9.10. The molecule has 2 aromatic rings. The lowest BCUT2D eigenvalue weighted by molar-refractivity contribution is 0.194. The summed E-state index contributed by atoms with van der Waals surface area (Å²) in [4.78, 5) is 4.34. The van der Waals surface area contributed by atoms with E-state index in [1.54, 1.807) is 6.92 Å². The number of nitrogens with zero attached hydrogens (tertiary/aromatic N) is 2. The molecule has 0 fully saturated rings. The summed E-state index contributed by atoms with van der Waals surface area (Å²) in [5.74, 6) is 0. The fourth-order valence-corrected chi connectivity index (χ4v) is 2.12. The standard InChI is InChI=1S/C10H11BrN2O/c1-6-3-4-13-8(5-6)12-9(7(2)14)10(13)11/h3-5,7,14H,1-2H3. The summed E-state index contributed by atoms with van der Waals surface area (Å²) >= 11 is 3.42. The van der Waals surface area contributed by atoms with E-state index < -0.39 is 6.10 Å². The van der Waals surface area contributed by atoms with Gasteiger partial charge in [0.05, 0.1) is 6.10 Å². The van der Waals surface area contributed by atoms with Crippen molar-refractivity contribution in [2.45, 2.75) is 20.0 Å². The van der Waals surface area contributed by atoms with E-state index in [4.69, 9.17) is 0 Å². The van der Waals surface area contributed by atoms with Crippen LogP contribution in [0.3, 0.4) is 0 Å². The van der Waals surface area contributed by atoms with Crippen molar-refractivity contribution in [2.75, 3.05) is 0 Å². The molecule has 2 rings (SSSR count). The number of imidazole rings is 1. The predicted octanol–water partition coefficient (Wildman–Crippen LogP) is 2.46. The molecule has 4 heteroatoms. The molecule has 1 N–H and O–H groups in total. The molecule has 0 radical (unpaired) electrons. The Hall–Kier alpha value is -0.870. The van der Waals surface area contributed by atoms with E-state index in [2.05, 4.69) is 20.9 Å². The van der Waals surface area contributed by atoms with Crippen LogP contribution in [-0.2, 0) is 0 Å². The maximum atomic E-state index is 9.47. The summed E-state index contributed by atoms with van der Waals surface area (Å²) in [6.45, 7) is 3.73. The minimum atomic E-state index is -0.551. The Bertz CT molecular complexity index is 476. The van der Waals surface area contributed by atoms with Crippen LogP contribution in [0.1, 0.15) is 24.3 Å². The Morgan fingerprint density at radius 2 is 2.29 bits per heavy atom. The first-order valence-corrected chi connectivity index (χ1v) is 5.21. The fraction of sp³-hybridized carbons (Fsp3) is 0.300. The zero-order valence-electron chi connectivity index (χ0n) is 8.03. The SMILES string of the molecule is Cc1ccn2c(Br)c(C(C)O)nc2c1. The normalized spacial score (nSPS) is 13.4. The van der Waals surface area contributed by atoms with Gasteiger partial charge in [-0.3, -0.25) is 4.40 Å². The van der Waals surface area contributed by atoms with Gasteiger partial charge in [0, 0.05) is 6.20 Å². The number of halogens is 1. The van der Waals surface area contributed by atoms with E-state index in [1.165, 1.54) is 0 Å². The molecule has 74 valence electrons. The fourth-order valence-electron chi connectivity index (χ4n) is 1.40. The smallest absolute Gasteiger partial charge is 0.138 e. The van der Waals surface area contributed by atoms with Gasteiger partial charge in [-0.25, -0.2) is 4.98 Å². The summed E-state index contributed by atoms with van der Waals surface area (Å²) in [5.41, 5.74) is 2.69. The number of pyridine rings is 1. The molecule has 0 aliphatic rings. The number of hydrogen-bond donors (Lipinski definition) is 1. The van der Waals surface area contributed by atoms with Gasteiger partial charge < -0.3 is 5.11 Å². The molecular weight excluding hydrogens is 244 g/mol. The minimum Gasteiger partial charge on any atom is -0.387 e. The quantitative estimate of drug-likeness (QED) is 0.849. The predicted molar refractivity (Wildman–Crippen MR) is 58.3 cm³/mol. The van der Waals surface area contributed by atoms with Gasteiger partial charge in [0.2, 0.25) is 0 Å². The minimum absolute atomic E-state index is 0.551. The molecule has 0 saturated carbocycles. The molecule has 3 nitrogen and oxygen atoms in total. The van der Waals surface area contributed by atoms with Gasteiger partial charge in [-0.05, 0) is 47.5 Å². The third-order valence-corrected chi connectivity index (χ3v) is 2.93. The lowest BCUT2D eigenvalue weighted by Crippen LogP contribution is -1.91. The van der Waals surface area contributed by atoms with E-state index in [0.717, 1.165) is 15.8 Å². The van der Waals surface area contributed by atoms with Crippen molar-refractivity contribution in [1.82, 2.24) is 9.38 Å². The zero-order chi connectivity index (χ0) is 10.3. The summed E-state index contributed by atoms with van der Waals surface area (Å²) in [6.07, 6.45) is 1.39. The molecule has 2 aromatic heterocycles. The molecule has 0 aromatic carbocycles. The topological polar surface area (TPSA) is 37.5 Å². The Morgan fingerprint density at radius 1 is 1.57 bits per heavy atom. The van der Waals surface area contributed by atoms with Crippen LogP contribution in [0, 0.1) is 6.92 Å². The van der Waals surface area contributed by atoms with Gasteiger partial charge in [0.1, 0.15) is 15.9 Å². The Morgan fingerprint density at radius 3 is 2.93 bits per heavy atom. The van der Waals surface area contributed by atoms with E-state index in [-0.39, 0.29) is 0 Å². The highest BCUT2D eigenvalue weighted by Crippen LogP contribution is 2.24. The number of aromatic nitrogens is 2. The molecule has 0 saturated heterocycles. The van der Waals surface area contributed by atoms with E-state index in [1.807, 2.05) is 29.7 Å². The van der Waals surface area contributed by atoms with Crippen LogP contribution in [0.15, 0.2) is 22.9 Å². The summed E-state index contributed by atoms with van der Waals surface area (Å²) in [6, 6.07) is 3.99. The van der Waals surface area contributed by atoms with Crippen LogP contribution in [-0.4, -0.2) is 14.5 Å². The average Bonchev–Trinajstić information content (AvgIpc) is 2.43. The van der Waals surface area contributed by atoms with Crippen molar-refractivity contribution in [3.63, 3.8) is 0 Å². The molecule has 2 heterocycles. The number of aliphatic hydroxyl groups is 1. The lowest BCUT2D eigenvalue weighted by Gasteiger charge is -1.99. The average molecular weight is 255 g/mol. The third-order valence-electron chi connectivity index (χ3n) is 2.14. The molecule has 0 aliphatic carbocycles. The first-order chi connectivity index (χ1) is 6.59. The van der Waals surface area contributed by atoms with Crippen LogP contribution in [0.5, 0.6) is 0 Å². The Kier molecular flexibility index (Phi) is 2.33. The third kappa shape index (κ3) is 1.44. The van der Waals surface area contributed by atoms with Gasteiger partial charge in [-0.2, -0.15) is 0 Å². The number of rotatable bonds is 1. The van der Waals surface area contributed by atoms with Crippen molar-refractivity contribution >= 4 is 21.6 Å². The molecule has 0 amide bonds. The summed E-state index contributed by atoms with van der Waals surface area (Å²) in [5, 5.41) is 9.47. The highest BCUT2D eigenvalue weighted by atomic mass is 79.9. The second-order valence-electron chi connectivity index (χ2n) is 3.40. The summed E-state index contributed by atoms with van der Waals surface area (Å²) < 4.78 is 2.73. The molecule has 0 spiro atoms. The molecule has 0 bridgehead atoms. The number of fused-ring (bicyclic) bond motifs is 1. The molecule has 14 heavy (non-hydrogen) atoms. The Balaban J connectivity index is 2.73. The first-order valence-electron chi connectivity index (χ1n) is 4.42. The van der Waals surface area contributed by atoms with Crippen molar-refractivity contribution in [3.8, 4) is 0 Å². The maximum absolute atomic E-state index is 9.47. The van der Waals surface area contributed by atoms with Crippen molar-refractivity contribution in [1.29, 1.82) is 0 Å². The van der Waals surface area contributed by atoms with Crippen LogP contribution >= 0.6 is 15.9 Å². The van der Waals surface area contributed by atoms with Crippen molar-refractivity contribution < 1.29 is 5.11 Å². The monoisotopic (exact) mass is 254 g/mol. The number of hydrogen-bond acceptors (Lipinski definition) is 2. The number of aryl methyl sites for hydroxylation is 1. The van der Waals surface area contributed by atoms with Crippen LogP contribution < -0.4 is 0 Å². The molecular formula is C10H11BrN2O. The van der Waals surface area contributed by atoms with Crippen LogP contribution in [0.25, 0.3) is 5.65 Å². The van der Waals surface area contributed by atoms with E-state index in [9.17, 15) is 5.11 Å². The molecule has 1 atom stereocenters. The van der Waals surface area contributed by atoms with Crippen molar-refractivity contribution in [3.05, 3.63) is 34.2 Å².